The quantitative estimate of drug-likeness (QED) is 0.823. The van der Waals surface area contributed by atoms with E-state index in [0.29, 0.717) is 13.0 Å². The Morgan fingerprint density at radius 1 is 1.42 bits per heavy atom. The average molecular weight is 355 g/mol. The van der Waals surface area contributed by atoms with Gasteiger partial charge in [-0.05, 0) is 18.6 Å². The number of hydrogen-bond donors (Lipinski definition) is 1. The van der Waals surface area contributed by atoms with Crippen molar-refractivity contribution >= 4 is 23.5 Å². The fourth-order valence-corrected chi connectivity index (χ4v) is 2.37. The van der Waals surface area contributed by atoms with Crippen molar-refractivity contribution in [2.45, 2.75) is 26.4 Å². The molecule has 1 aromatic carbocycles. The third-order valence-electron chi connectivity index (χ3n) is 3.31. The molecule has 1 N–H and O–H groups in total. The second-order valence-electron chi connectivity index (χ2n) is 5.12. The third kappa shape index (κ3) is 4.29. The van der Waals surface area contributed by atoms with Gasteiger partial charge in [-0.2, -0.15) is 0 Å². The van der Waals surface area contributed by atoms with Crippen LogP contribution in [-0.2, 0) is 17.9 Å². The molecular weight excluding hydrogens is 339 g/mol. The molecule has 2 aromatic rings. The van der Waals surface area contributed by atoms with Crippen molar-refractivity contribution in [1.82, 2.24) is 19.9 Å². The molecular formula is C15H16ClFN4O3. The molecule has 0 saturated carbocycles. The number of carboxylic acid groups (broad SMARTS) is 1. The first-order chi connectivity index (χ1) is 11.4. The number of aromatic carboxylic acids is 1. The first kappa shape index (κ1) is 17.9. The summed E-state index contributed by atoms with van der Waals surface area (Å²) in [6.45, 7) is 2.14. The van der Waals surface area contributed by atoms with Crippen LogP contribution in [0.5, 0.6) is 0 Å². The Morgan fingerprint density at radius 2 is 2.17 bits per heavy atom. The van der Waals surface area contributed by atoms with Gasteiger partial charge in [-0.3, -0.25) is 4.79 Å². The molecule has 0 spiro atoms. The third-order valence-corrected chi connectivity index (χ3v) is 3.67. The van der Waals surface area contributed by atoms with Gasteiger partial charge in [-0.15, -0.1) is 5.10 Å². The highest BCUT2D eigenvalue weighted by Gasteiger charge is 2.19. The zero-order valence-corrected chi connectivity index (χ0v) is 13.7. The van der Waals surface area contributed by atoms with Crippen LogP contribution in [0.2, 0.25) is 5.02 Å². The van der Waals surface area contributed by atoms with E-state index in [1.54, 1.807) is 6.07 Å². The van der Waals surface area contributed by atoms with Gasteiger partial charge in [0.15, 0.2) is 5.69 Å². The standard InChI is InChI=1S/C15H16ClFN4O3/c1-2-6-20(7-10-11(16)4-3-5-12(10)17)14(22)9-21-8-13(15(23)24)18-19-21/h3-5,8H,2,6-7,9H2,1H3,(H,23,24). The maximum absolute atomic E-state index is 13.9. The maximum Gasteiger partial charge on any atom is 0.358 e. The first-order valence-electron chi connectivity index (χ1n) is 7.26. The lowest BCUT2D eigenvalue weighted by Crippen LogP contribution is -2.34. The number of hydrogen-bond acceptors (Lipinski definition) is 4. The Morgan fingerprint density at radius 3 is 2.75 bits per heavy atom. The fourth-order valence-electron chi connectivity index (χ4n) is 2.15. The molecule has 9 heteroatoms. The largest absolute Gasteiger partial charge is 0.476 e. The summed E-state index contributed by atoms with van der Waals surface area (Å²) in [6.07, 6.45) is 1.84. The lowest BCUT2D eigenvalue weighted by atomic mass is 10.2. The Bertz CT molecular complexity index is 730. The molecule has 0 aliphatic carbocycles. The molecule has 0 unspecified atom stereocenters. The zero-order valence-electron chi connectivity index (χ0n) is 12.9. The van der Waals surface area contributed by atoms with E-state index in [1.807, 2.05) is 6.92 Å². The topological polar surface area (TPSA) is 88.3 Å². The van der Waals surface area contributed by atoms with Crippen LogP contribution < -0.4 is 0 Å². The van der Waals surface area contributed by atoms with E-state index in [9.17, 15) is 14.0 Å². The average Bonchev–Trinajstić information content (AvgIpc) is 2.98. The maximum atomic E-state index is 13.9. The Balaban J connectivity index is 2.13. The molecule has 0 radical (unpaired) electrons. The van der Waals surface area contributed by atoms with Crippen LogP contribution in [0.15, 0.2) is 24.4 Å². The number of carboxylic acids is 1. The fraction of sp³-hybridized carbons (Fsp3) is 0.333. The molecule has 128 valence electrons. The number of amides is 1. The van der Waals surface area contributed by atoms with E-state index in [-0.39, 0.29) is 35.3 Å². The highest BCUT2D eigenvalue weighted by Crippen LogP contribution is 2.21. The van der Waals surface area contributed by atoms with E-state index in [2.05, 4.69) is 10.3 Å². The van der Waals surface area contributed by atoms with E-state index in [1.165, 1.54) is 23.2 Å². The monoisotopic (exact) mass is 354 g/mol. The molecule has 1 aromatic heterocycles. The Labute approximate surface area is 142 Å². The Hall–Kier alpha value is -2.48. The number of benzene rings is 1. The van der Waals surface area contributed by atoms with Gasteiger partial charge in [0.2, 0.25) is 5.91 Å². The highest BCUT2D eigenvalue weighted by molar-refractivity contribution is 6.31. The highest BCUT2D eigenvalue weighted by atomic mass is 35.5. The van der Waals surface area contributed by atoms with Crippen LogP contribution in [0, 0.1) is 5.82 Å². The number of carbonyl (C=O) groups excluding carboxylic acids is 1. The summed E-state index contributed by atoms with van der Waals surface area (Å²) in [5.74, 6) is -2.04. The van der Waals surface area contributed by atoms with Gasteiger partial charge in [0.25, 0.3) is 0 Å². The molecule has 24 heavy (non-hydrogen) atoms. The van der Waals surface area contributed by atoms with Crippen LogP contribution in [0.25, 0.3) is 0 Å². The SMILES string of the molecule is CCCN(Cc1c(F)cccc1Cl)C(=O)Cn1cc(C(=O)O)nn1. The van der Waals surface area contributed by atoms with Gasteiger partial charge in [-0.1, -0.05) is 29.8 Å². The number of carbonyl (C=O) groups is 2. The molecule has 0 aliphatic rings. The smallest absolute Gasteiger partial charge is 0.358 e. The molecule has 2 rings (SSSR count). The first-order valence-corrected chi connectivity index (χ1v) is 7.64. The molecule has 1 heterocycles. The van der Waals surface area contributed by atoms with Crippen molar-refractivity contribution in [2.24, 2.45) is 0 Å². The normalized spacial score (nSPS) is 10.6. The van der Waals surface area contributed by atoms with Crippen molar-refractivity contribution < 1.29 is 19.1 Å². The lowest BCUT2D eigenvalue weighted by Gasteiger charge is -2.23. The summed E-state index contributed by atoms with van der Waals surface area (Å²) >= 11 is 6.01. The van der Waals surface area contributed by atoms with Crippen LogP contribution >= 0.6 is 11.6 Å². The number of rotatable bonds is 7. The van der Waals surface area contributed by atoms with E-state index >= 15 is 0 Å². The summed E-state index contributed by atoms with van der Waals surface area (Å²) in [5.41, 5.74) is -0.00669. The van der Waals surface area contributed by atoms with E-state index < -0.39 is 11.8 Å². The van der Waals surface area contributed by atoms with Crippen molar-refractivity contribution in [3.63, 3.8) is 0 Å². The second kappa shape index (κ2) is 7.87. The van der Waals surface area contributed by atoms with Crippen molar-refractivity contribution in [2.75, 3.05) is 6.54 Å². The van der Waals surface area contributed by atoms with Gasteiger partial charge in [0, 0.05) is 17.1 Å². The number of halogens is 2. The van der Waals surface area contributed by atoms with Crippen molar-refractivity contribution in [3.05, 3.63) is 46.5 Å². The molecule has 0 fully saturated rings. The predicted molar refractivity (Wildman–Crippen MR) is 84.1 cm³/mol. The van der Waals surface area contributed by atoms with Gasteiger partial charge in [-0.25, -0.2) is 13.9 Å². The van der Waals surface area contributed by atoms with E-state index in [4.69, 9.17) is 16.7 Å². The minimum absolute atomic E-state index is 0.0265. The lowest BCUT2D eigenvalue weighted by molar-refractivity contribution is -0.132. The molecule has 0 aliphatic heterocycles. The molecule has 0 bridgehead atoms. The predicted octanol–water partition coefficient (Wildman–Crippen LogP) is 2.21. The van der Waals surface area contributed by atoms with Crippen LogP contribution in [-0.4, -0.2) is 43.4 Å². The van der Waals surface area contributed by atoms with Gasteiger partial charge < -0.3 is 10.0 Å². The second-order valence-corrected chi connectivity index (χ2v) is 5.53. The molecule has 0 saturated heterocycles. The van der Waals surface area contributed by atoms with Gasteiger partial charge in [0.1, 0.15) is 12.4 Å². The van der Waals surface area contributed by atoms with Crippen LogP contribution in [0.3, 0.4) is 0 Å². The molecule has 1 amide bonds. The summed E-state index contributed by atoms with van der Waals surface area (Å²) in [6, 6.07) is 4.34. The molecule has 0 atom stereocenters. The summed E-state index contributed by atoms with van der Waals surface area (Å²) < 4.78 is 15.1. The van der Waals surface area contributed by atoms with Crippen molar-refractivity contribution in [3.8, 4) is 0 Å². The van der Waals surface area contributed by atoms with Gasteiger partial charge >= 0.3 is 5.97 Å². The summed E-state index contributed by atoms with van der Waals surface area (Å²) in [7, 11) is 0. The van der Waals surface area contributed by atoms with Crippen LogP contribution in [0.1, 0.15) is 29.4 Å². The minimum Gasteiger partial charge on any atom is -0.476 e. The number of nitrogens with zero attached hydrogens (tertiary/aromatic N) is 4. The van der Waals surface area contributed by atoms with E-state index in [0.717, 1.165) is 4.68 Å². The zero-order chi connectivity index (χ0) is 17.7. The summed E-state index contributed by atoms with van der Waals surface area (Å²) in [4.78, 5) is 24.7. The molecule has 7 nitrogen and oxygen atoms in total. The number of aromatic nitrogens is 3. The summed E-state index contributed by atoms with van der Waals surface area (Å²) in [5, 5.41) is 16.1. The Kier molecular flexibility index (Phi) is 5.86. The van der Waals surface area contributed by atoms with Gasteiger partial charge in [0.05, 0.1) is 12.7 Å². The minimum atomic E-state index is -1.22. The van der Waals surface area contributed by atoms with Crippen molar-refractivity contribution in [1.29, 1.82) is 0 Å². The van der Waals surface area contributed by atoms with Crippen LogP contribution in [0.4, 0.5) is 4.39 Å².